The van der Waals surface area contributed by atoms with E-state index in [-0.39, 0.29) is 29.0 Å². The summed E-state index contributed by atoms with van der Waals surface area (Å²) in [5, 5.41) is 10.9. The SMILES string of the molecule is Cc1cc(C(=O)OCCC(C)(C)C)c(N)c([N+](=O)[O-])c1. The van der Waals surface area contributed by atoms with Crippen LogP contribution >= 0.6 is 0 Å². The van der Waals surface area contributed by atoms with E-state index in [4.69, 9.17) is 10.5 Å². The Hall–Kier alpha value is -2.11. The number of aryl methyl sites for hydroxylation is 1. The minimum atomic E-state index is -0.626. The molecule has 0 amide bonds. The first-order valence-electron chi connectivity index (χ1n) is 6.33. The highest BCUT2D eigenvalue weighted by atomic mass is 16.6. The van der Waals surface area contributed by atoms with Crippen LogP contribution in [0.15, 0.2) is 12.1 Å². The van der Waals surface area contributed by atoms with Crippen molar-refractivity contribution in [1.82, 2.24) is 0 Å². The van der Waals surface area contributed by atoms with Gasteiger partial charge in [-0.1, -0.05) is 20.8 Å². The summed E-state index contributed by atoms with van der Waals surface area (Å²) in [7, 11) is 0. The van der Waals surface area contributed by atoms with Crippen LogP contribution in [0.3, 0.4) is 0 Å². The summed E-state index contributed by atoms with van der Waals surface area (Å²) in [6.07, 6.45) is 0.701. The van der Waals surface area contributed by atoms with Crippen LogP contribution < -0.4 is 5.73 Å². The molecule has 0 radical (unpaired) electrons. The van der Waals surface area contributed by atoms with Gasteiger partial charge in [-0.15, -0.1) is 0 Å². The lowest BCUT2D eigenvalue weighted by atomic mass is 9.93. The molecule has 0 atom stereocenters. The summed E-state index contributed by atoms with van der Waals surface area (Å²) in [5.74, 6) is -0.626. The zero-order chi connectivity index (χ0) is 15.5. The predicted octanol–water partition coefficient (Wildman–Crippen LogP) is 3.08. The van der Waals surface area contributed by atoms with Crippen LogP contribution in [0.4, 0.5) is 11.4 Å². The van der Waals surface area contributed by atoms with Crippen molar-refractivity contribution in [2.24, 2.45) is 5.41 Å². The smallest absolute Gasteiger partial charge is 0.340 e. The number of nitrogens with zero attached hydrogens (tertiary/aromatic N) is 1. The number of carbonyl (C=O) groups excluding carboxylic acids is 1. The Balaban J connectivity index is 2.91. The highest BCUT2D eigenvalue weighted by Crippen LogP contribution is 2.28. The summed E-state index contributed by atoms with van der Waals surface area (Å²) in [4.78, 5) is 22.2. The molecule has 110 valence electrons. The normalized spacial score (nSPS) is 11.2. The van der Waals surface area contributed by atoms with E-state index in [1.165, 1.54) is 12.1 Å². The van der Waals surface area contributed by atoms with Gasteiger partial charge >= 0.3 is 5.97 Å². The van der Waals surface area contributed by atoms with Crippen molar-refractivity contribution >= 4 is 17.3 Å². The van der Waals surface area contributed by atoms with Crippen LogP contribution in [-0.2, 0) is 4.74 Å². The zero-order valence-corrected chi connectivity index (χ0v) is 12.2. The highest BCUT2D eigenvalue weighted by Gasteiger charge is 2.22. The molecule has 0 aromatic heterocycles. The number of carbonyl (C=O) groups is 1. The number of esters is 1. The van der Waals surface area contributed by atoms with Crippen molar-refractivity contribution in [3.63, 3.8) is 0 Å². The first-order chi connectivity index (χ1) is 9.11. The van der Waals surface area contributed by atoms with Crippen molar-refractivity contribution in [3.05, 3.63) is 33.4 Å². The van der Waals surface area contributed by atoms with Crippen molar-refractivity contribution in [3.8, 4) is 0 Å². The van der Waals surface area contributed by atoms with Crippen molar-refractivity contribution in [1.29, 1.82) is 0 Å². The fourth-order valence-corrected chi connectivity index (χ4v) is 1.63. The quantitative estimate of drug-likeness (QED) is 0.396. The number of hydrogen-bond donors (Lipinski definition) is 1. The summed E-state index contributed by atoms with van der Waals surface area (Å²) >= 11 is 0. The second kappa shape index (κ2) is 5.90. The van der Waals surface area contributed by atoms with Gasteiger partial charge in [-0.05, 0) is 30.4 Å². The van der Waals surface area contributed by atoms with E-state index in [1.807, 2.05) is 20.8 Å². The fraction of sp³-hybridized carbons (Fsp3) is 0.500. The van der Waals surface area contributed by atoms with Crippen molar-refractivity contribution in [2.75, 3.05) is 12.3 Å². The molecule has 0 aliphatic heterocycles. The number of ether oxygens (including phenoxy) is 1. The molecule has 0 bridgehead atoms. The number of anilines is 1. The molecule has 20 heavy (non-hydrogen) atoms. The summed E-state index contributed by atoms with van der Waals surface area (Å²) in [5.41, 5.74) is 5.93. The molecule has 0 aliphatic carbocycles. The predicted molar refractivity (Wildman–Crippen MR) is 76.6 cm³/mol. The maximum Gasteiger partial charge on any atom is 0.340 e. The van der Waals surface area contributed by atoms with Gasteiger partial charge in [0.25, 0.3) is 5.69 Å². The third-order valence-corrected chi connectivity index (χ3v) is 2.80. The average Bonchev–Trinajstić information content (AvgIpc) is 2.29. The first kappa shape index (κ1) is 15.9. The number of rotatable bonds is 4. The molecule has 0 saturated heterocycles. The van der Waals surface area contributed by atoms with Gasteiger partial charge in [0.15, 0.2) is 0 Å². The monoisotopic (exact) mass is 280 g/mol. The lowest BCUT2D eigenvalue weighted by Crippen LogP contribution is -2.15. The Morgan fingerprint density at radius 1 is 1.40 bits per heavy atom. The van der Waals surface area contributed by atoms with E-state index in [9.17, 15) is 14.9 Å². The van der Waals surface area contributed by atoms with Gasteiger partial charge in [0, 0.05) is 6.07 Å². The Labute approximate surface area is 118 Å². The van der Waals surface area contributed by atoms with E-state index in [0.717, 1.165) is 0 Å². The summed E-state index contributed by atoms with van der Waals surface area (Å²) in [6.45, 7) is 8.02. The molecule has 1 rings (SSSR count). The van der Waals surface area contributed by atoms with Crippen LogP contribution in [0, 0.1) is 22.5 Å². The first-order valence-corrected chi connectivity index (χ1v) is 6.33. The van der Waals surface area contributed by atoms with Crippen molar-refractivity contribution < 1.29 is 14.5 Å². The molecular weight excluding hydrogens is 260 g/mol. The third-order valence-electron chi connectivity index (χ3n) is 2.80. The van der Waals surface area contributed by atoms with Gasteiger partial charge < -0.3 is 10.5 Å². The van der Waals surface area contributed by atoms with Gasteiger partial charge in [0.05, 0.1) is 17.1 Å². The standard InChI is InChI=1S/C14H20N2O4/c1-9-7-10(12(15)11(8-9)16(18)19)13(17)20-6-5-14(2,3)4/h7-8H,5-6,15H2,1-4H3. The maximum absolute atomic E-state index is 12.0. The lowest BCUT2D eigenvalue weighted by molar-refractivity contribution is -0.384. The molecule has 6 heteroatoms. The zero-order valence-electron chi connectivity index (χ0n) is 12.2. The number of nitro benzene ring substituents is 1. The second-order valence-corrected chi connectivity index (χ2v) is 5.95. The van der Waals surface area contributed by atoms with Crippen LogP contribution in [0.1, 0.15) is 43.1 Å². The molecule has 0 saturated carbocycles. The second-order valence-electron chi connectivity index (χ2n) is 5.95. The number of benzene rings is 1. The average molecular weight is 280 g/mol. The molecule has 0 spiro atoms. The van der Waals surface area contributed by atoms with E-state index in [2.05, 4.69) is 0 Å². The largest absolute Gasteiger partial charge is 0.462 e. The maximum atomic E-state index is 12.0. The molecule has 2 N–H and O–H groups in total. The minimum absolute atomic E-state index is 0.0461. The van der Waals surface area contributed by atoms with Gasteiger partial charge in [0.1, 0.15) is 5.69 Å². The fourth-order valence-electron chi connectivity index (χ4n) is 1.63. The minimum Gasteiger partial charge on any atom is -0.462 e. The van der Waals surface area contributed by atoms with Gasteiger partial charge in [-0.2, -0.15) is 0 Å². The Morgan fingerprint density at radius 2 is 2.00 bits per heavy atom. The van der Waals surface area contributed by atoms with Crippen LogP contribution in [-0.4, -0.2) is 17.5 Å². The van der Waals surface area contributed by atoms with E-state index in [1.54, 1.807) is 6.92 Å². The lowest BCUT2D eigenvalue weighted by Gasteiger charge is -2.17. The van der Waals surface area contributed by atoms with E-state index < -0.39 is 10.9 Å². The summed E-state index contributed by atoms with van der Waals surface area (Å²) < 4.78 is 5.13. The summed E-state index contributed by atoms with van der Waals surface area (Å²) in [6, 6.07) is 2.84. The third kappa shape index (κ3) is 4.22. The van der Waals surface area contributed by atoms with Crippen LogP contribution in [0.5, 0.6) is 0 Å². The highest BCUT2D eigenvalue weighted by molar-refractivity contribution is 5.97. The molecule has 1 aromatic rings. The number of nitro groups is 1. The molecular formula is C14H20N2O4. The molecule has 0 heterocycles. The van der Waals surface area contributed by atoms with Crippen LogP contribution in [0.2, 0.25) is 0 Å². The Bertz CT molecular complexity index is 533. The molecule has 0 aliphatic rings. The Kier molecular flexibility index (Phi) is 4.70. The van der Waals surface area contributed by atoms with Gasteiger partial charge in [-0.3, -0.25) is 10.1 Å². The van der Waals surface area contributed by atoms with Gasteiger partial charge in [-0.25, -0.2) is 4.79 Å². The molecule has 1 aromatic carbocycles. The number of nitrogens with two attached hydrogens (primary N) is 1. The van der Waals surface area contributed by atoms with E-state index in [0.29, 0.717) is 12.0 Å². The molecule has 0 fully saturated rings. The number of nitrogen functional groups attached to an aromatic ring is 1. The molecule has 0 unspecified atom stereocenters. The topological polar surface area (TPSA) is 95.5 Å². The van der Waals surface area contributed by atoms with E-state index >= 15 is 0 Å². The molecule has 6 nitrogen and oxygen atoms in total. The van der Waals surface area contributed by atoms with Crippen molar-refractivity contribution in [2.45, 2.75) is 34.1 Å². The van der Waals surface area contributed by atoms with Gasteiger partial charge in [0.2, 0.25) is 0 Å². The van der Waals surface area contributed by atoms with Crippen LogP contribution in [0.25, 0.3) is 0 Å². The Morgan fingerprint density at radius 3 is 2.50 bits per heavy atom. The number of hydrogen-bond acceptors (Lipinski definition) is 5.